The Bertz CT molecular complexity index is 937. The van der Waals surface area contributed by atoms with Gasteiger partial charge in [0.2, 0.25) is 0 Å². The van der Waals surface area contributed by atoms with E-state index in [0.717, 1.165) is 17.8 Å². The first-order valence-corrected chi connectivity index (χ1v) is 9.59. The number of carbonyl (C=O) groups excluding carboxylic acids is 3. The highest BCUT2D eigenvalue weighted by Gasteiger charge is 2.29. The second kappa shape index (κ2) is 9.51. The van der Waals surface area contributed by atoms with Gasteiger partial charge in [-0.3, -0.25) is 14.3 Å². The SMILES string of the molecule is Cc1nn(C)c(C)c1NC(=O)[C@@H](C)OC(=O)[C@@H](NC(=O)c1ccc(F)cc1)C(C)C. The third kappa shape index (κ3) is 5.43. The Kier molecular flexibility index (Phi) is 7.31. The maximum absolute atomic E-state index is 13.0. The molecule has 0 radical (unpaired) electrons. The van der Waals surface area contributed by atoms with E-state index in [-0.39, 0.29) is 11.5 Å². The Labute approximate surface area is 174 Å². The quantitative estimate of drug-likeness (QED) is 0.673. The van der Waals surface area contributed by atoms with Crippen molar-refractivity contribution in [2.24, 2.45) is 13.0 Å². The summed E-state index contributed by atoms with van der Waals surface area (Å²) in [7, 11) is 1.76. The summed E-state index contributed by atoms with van der Waals surface area (Å²) < 4.78 is 20.0. The van der Waals surface area contributed by atoms with E-state index in [1.54, 1.807) is 32.5 Å². The van der Waals surface area contributed by atoms with Crippen molar-refractivity contribution >= 4 is 23.5 Å². The Balaban J connectivity index is 2.03. The maximum Gasteiger partial charge on any atom is 0.329 e. The molecule has 0 unspecified atom stereocenters. The summed E-state index contributed by atoms with van der Waals surface area (Å²) in [6, 6.07) is 3.99. The fourth-order valence-electron chi connectivity index (χ4n) is 2.80. The Morgan fingerprint density at radius 2 is 1.70 bits per heavy atom. The fourth-order valence-corrected chi connectivity index (χ4v) is 2.80. The molecule has 0 saturated carbocycles. The van der Waals surface area contributed by atoms with Crippen LogP contribution in [0.2, 0.25) is 0 Å². The third-order valence-corrected chi connectivity index (χ3v) is 4.73. The number of rotatable bonds is 7. The fraction of sp³-hybridized carbons (Fsp3) is 0.429. The lowest BCUT2D eigenvalue weighted by molar-refractivity contribution is -0.156. The van der Waals surface area contributed by atoms with Gasteiger partial charge in [0, 0.05) is 12.6 Å². The number of esters is 1. The zero-order valence-electron chi connectivity index (χ0n) is 17.9. The summed E-state index contributed by atoms with van der Waals surface area (Å²) in [5, 5.41) is 9.53. The topological polar surface area (TPSA) is 102 Å². The summed E-state index contributed by atoms with van der Waals surface area (Å²) in [4.78, 5) is 37.5. The number of anilines is 1. The molecule has 0 spiro atoms. The number of halogens is 1. The van der Waals surface area contributed by atoms with Gasteiger partial charge in [-0.25, -0.2) is 9.18 Å². The lowest BCUT2D eigenvalue weighted by atomic mass is 10.0. The number of ether oxygens (including phenoxy) is 1. The van der Waals surface area contributed by atoms with Gasteiger partial charge in [-0.2, -0.15) is 5.10 Å². The molecule has 0 aliphatic rings. The normalized spacial score (nSPS) is 12.9. The van der Waals surface area contributed by atoms with Crippen LogP contribution in [0.1, 0.15) is 42.5 Å². The highest BCUT2D eigenvalue weighted by molar-refractivity contribution is 5.98. The van der Waals surface area contributed by atoms with Crippen LogP contribution >= 0.6 is 0 Å². The predicted molar refractivity (Wildman–Crippen MR) is 109 cm³/mol. The molecule has 2 N–H and O–H groups in total. The molecule has 9 heteroatoms. The molecule has 0 bridgehead atoms. The van der Waals surface area contributed by atoms with Crippen LogP contribution in [0.4, 0.5) is 10.1 Å². The summed E-state index contributed by atoms with van der Waals surface area (Å²) >= 11 is 0. The van der Waals surface area contributed by atoms with E-state index < -0.39 is 35.7 Å². The van der Waals surface area contributed by atoms with Crippen LogP contribution in [-0.2, 0) is 21.4 Å². The molecule has 0 saturated heterocycles. The maximum atomic E-state index is 13.0. The largest absolute Gasteiger partial charge is 0.451 e. The van der Waals surface area contributed by atoms with E-state index in [1.807, 2.05) is 6.92 Å². The van der Waals surface area contributed by atoms with Gasteiger partial charge in [0.1, 0.15) is 11.9 Å². The molecule has 162 valence electrons. The smallest absolute Gasteiger partial charge is 0.329 e. The first kappa shape index (κ1) is 23.1. The minimum atomic E-state index is -1.08. The number of hydrogen-bond acceptors (Lipinski definition) is 5. The molecular weight excluding hydrogens is 391 g/mol. The zero-order chi connectivity index (χ0) is 22.6. The molecule has 0 aliphatic carbocycles. The van der Waals surface area contributed by atoms with E-state index in [2.05, 4.69) is 15.7 Å². The van der Waals surface area contributed by atoms with Crippen LogP contribution < -0.4 is 10.6 Å². The van der Waals surface area contributed by atoms with Crippen LogP contribution in [0.15, 0.2) is 24.3 Å². The van der Waals surface area contributed by atoms with Gasteiger partial charge in [-0.05, 0) is 51.0 Å². The van der Waals surface area contributed by atoms with E-state index in [9.17, 15) is 18.8 Å². The second-order valence-corrected chi connectivity index (χ2v) is 7.44. The number of aryl methyl sites for hydroxylation is 2. The van der Waals surface area contributed by atoms with Gasteiger partial charge in [0.05, 0.1) is 17.1 Å². The van der Waals surface area contributed by atoms with Crippen molar-refractivity contribution in [2.45, 2.75) is 46.8 Å². The highest BCUT2D eigenvalue weighted by Crippen LogP contribution is 2.19. The van der Waals surface area contributed by atoms with Crippen molar-refractivity contribution < 1.29 is 23.5 Å². The molecule has 1 aromatic heterocycles. The number of amides is 2. The molecule has 2 rings (SSSR count). The van der Waals surface area contributed by atoms with Crippen molar-refractivity contribution in [1.82, 2.24) is 15.1 Å². The van der Waals surface area contributed by atoms with Crippen molar-refractivity contribution in [3.05, 3.63) is 47.0 Å². The number of nitrogens with zero attached hydrogens (tertiary/aromatic N) is 2. The van der Waals surface area contributed by atoms with E-state index in [0.29, 0.717) is 11.4 Å². The minimum Gasteiger partial charge on any atom is -0.451 e. The van der Waals surface area contributed by atoms with Crippen molar-refractivity contribution in [3.8, 4) is 0 Å². The van der Waals surface area contributed by atoms with Crippen LogP contribution in [-0.4, -0.2) is 39.7 Å². The lowest BCUT2D eigenvalue weighted by Gasteiger charge is -2.23. The number of nitrogens with one attached hydrogen (secondary N) is 2. The van der Waals surface area contributed by atoms with Gasteiger partial charge < -0.3 is 15.4 Å². The standard InChI is InChI=1S/C21H27FN4O4/c1-11(2)17(23-20(28)15-7-9-16(22)10-8-15)21(29)30-14(5)19(27)24-18-12(3)25-26(6)13(18)4/h7-11,14,17H,1-6H3,(H,23,28)(H,24,27)/t14-,17+/m1/s1. The highest BCUT2D eigenvalue weighted by atomic mass is 19.1. The molecule has 8 nitrogen and oxygen atoms in total. The number of hydrogen-bond donors (Lipinski definition) is 2. The molecule has 2 atom stereocenters. The molecule has 2 aromatic rings. The summed E-state index contributed by atoms with van der Waals surface area (Å²) in [6.45, 7) is 8.51. The predicted octanol–water partition coefficient (Wildman–Crippen LogP) is 2.50. The monoisotopic (exact) mass is 418 g/mol. The van der Waals surface area contributed by atoms with Crippen molar-refractivity contribution in [2.75, 3.05) is 5.32 Å². The van der Waals surface area contributed by atoms with Crippen LogP contribution in [0.25, 0.3) is 0 Å². The second-order valence-electron chi connectivity index (χ2n) is 7.44. The third-order valence-electron chi connectivity index (χ3n) is 4.73. The van der Waals surface area contributed by atoms with Gasteiger partial charge in [-0.15, -0.1) is 0 Å². The molecule has 1 aromatic carbocycles. The van der Waals surface area contributed by atoms with Crippen molar-refractivity contribution in [3.63, 3.8) is 0 Å². The Morgan fingerprint density at radius 1 is 1.10 bits per heavy atom. The number of aromatic nitrogens is 2. The molecule has 2 amide bonds. The minimum absolute atomic E-state index is 0.211. The van der Waals surface area contributed by atoms with E-state index >= 15 is 0 Å². The summed E-state index contributed by atoms with van der Waals surface area (Å²) in [5.74, 6) is -2.53. The molecule has 0 aliphatic heterocycles. The Hall–Kier alpha value is -3.23. The van der Waals surface area contributed by atoms with Gasteiger partial charge in [-0.1, -0.05) is 13.8 Å². The molecule has 1 heterocycles. The first-order chi connectivity index (χ1) is 14.0. The molecule has 30 heavy (non-hydrogen) atoms. The average Bonchev–Trinajstić information content (AvgIpc) is 2.91. The zero-order valence-corrected chi connectivity index (χ0v) is 17.9. The summed E-state index contributed by atoms with van der Waals surface area (Å²) in [6.07, 6.45) is -1.08. The number of benzene rings is 1. The van der Waals surface area contributed by atoms with E-state index in [4.69, 9.17) is 4.74 Å². The first-order valence-electron chi connectivity index (χ1n) is 9.59. The Morgan fingerprint density at radius 3 is 2.20 bits per heavy atom. The lowest BCUT2D eigenvalue weighted by Crippen LogP contribution is -2.47. The van der Waals surface area contributed by atoms with Crippen molar-refractivity contribution in [1.29, 1.82) is 0 Å². The average molecular weight is 418 g/mol. The van der Waals surface area contributed by atoms with E-state index in [1.165, 1.54) is 19.1 Å². The number of carbonyl (C=O) groups is 3. The molecule has 0 fully saturated rings. The van der Waals surface area contributed by atoms with Gasteiger partial charge in [0.15, 0.2) is 6.10 Å². The summed E-state index contributed by atoms with van der Waals surface area (Å²) in [5.41, 5.74) is 2.19. The van der Waals surface area contributed by atoms with Crippen LogP contribution in [0.5, 0.6) is 0 Å². The van der Waals surface area contributed by atoms with Crippen LogP contribution in [0.3, 0.4) is 0 Å². The van der Waals surface area contributed by atoms with Crippen LogP contribution in [0, 0.1) is 25.6 Å². The molecular formula is C21H27FN4O4. The van der Waals surface area contributed by atoms with Gasteiger partial charge >= 0.3 is 5.97 Å². The van der Waals surface area contributed by atoms with Gasteiger partial charge in [0.25, 0.3) is 11.8 Å².